The van der Waals surface area contributed by atoms with E-state index in [2.05, 4.69) is 5.43 Å². The first-order valence-electron chi connectivity index (χ1n) is 4.83. The van der Waals surface area contributed by atoms with E-state index in [1.54, 1.807) is 37.4 Å². The van der Waals surface area contributed by atoms with Crippen LogP contribution in [0.15, 0.2) is 30.0 Å². The van der Waals surface area contributed by atoms with Gasteiger partial charge in [-0.05, 0) is 12.1 Å². The molecule has 0 heterocycles. The molecule has 0 amide bonds. The second-order valence-corrected chi connectivity index (χ2v) is 3.62. The van der Waals surface area contributed by atoms with E-state index in [0.29, 0.717) is 16.3 Å². The van der Waals surface area contributed by atoms with Gasteiger partial charge in [-0.1, -0.05) is 17.7 Å². The lowest BCUT2D eigenvalue weighted by Crippen LogP contribution is -2.30. The van der Waals surface area contributed by atoms with Gasteiger partial charge in [-0.15, -0.1) is 0 Å². The molecular weight excluding hydrogens is 250 g/mol. The third-order valence-corrected chi connectivity index (χ3v) is 2.42. The summed E-state index contributed by atoms with van der Waals surface area (Å²) in [6.45, 7) is 0. The van der Waals surface area contributed by atoms with Crippen molar-refractivity contribution in [2.24, 2.45) is 0 Å². The molecule has 0 saturated carbocycles. The van der Waals surface area contributed by atoms with E-state index in [1.165, 1.54) is 11.2 Å². The molecule has 0 unspecified atom stereocenters. The van der Waals surface area contributed by atoms with E-state index in [-0.39, 0.29) is 5.57 Å². The molecule has 1 aromatic carbocycles. The number of nitriles is 3. The van der Waals surface area contributed by atoms with Crippen LogP contribution in [0.25, 0.3) is 0 Å². The van der Waals surface area contributed by atoms with Crippen molar-refractivity contribution in [2.75, 3.05) is 12.1 Å². The van der Waals surface area contributed by atoms with Crippen LogP contribution in [-0.4, -0.2) is 7.05 Å². The van der Waals surface area contributed by atoms with Crippen LogP contribution in [0.1, 0.15) is 5.56 Å². The molecule has 1 N–H and O–H groups in total. The van der Waals surface area contributed by atoms with Crippen LogP contribution < -0.4 is 10.4 Å². The van der Waals surface area contributed by atoms with Crippen LogP contribution in [0.5, 0.6) is 0 Å². The topological polar surface area (TPSA) is 86.6 Å². The molecule has 6 heteroatoms. The minimum Gasteiger partial charge on any atom is -0.304 e. The average molecular weight is 258 g/mol. The monoisotopic (exact) mass is 257 g/mol. The number of nitrogens with zero attached hydrogens (tertiary/aromatic N) is 4. The van der Waals surface area contributed by atoms with Crippen molar-refractivity contribution in [1.29, 1.82) is 15.8 Å². The maximum Gasteiger partial charge on any atom is 0.147 e. The van der Waals surface area contributed by atoms with Gasteiger partial charge in [-0.25, -0.2) is 0 Å². The highest BCUT2D eigenvalue weighted by Gasteiger charge is 2.09. The van der Waals surface area contributed by atoms with Crippen molar-refractivity contribution in [2.45, 2.75) is 0 Å². The molecule has 0 atom stereocenters. The van der Waals surface area contributed by atoms with Gasteiger partial charge in [0.2, 0.25) is 0 Å². The molecule has 0 aliphatic carbocycles. The summed E-state index contributed by atoms with van der Waals surface area (Å²) in [5.41, 5.74) is 3.52. The van der Waals surface area contributed by atoms with E-state index in [0.717, 1.165) is 0 Å². The Balaban J connectivity index is 3.01. The first-order valence-corrected chi connectivity index (χ1v) is 5.20. The van der Waals surface area contributed by atoms with Crippen molar-refractivity contribution < 1.29 is 0 Å². The van der Waals surface area contributed by atoms with Crippen molar-refractivity contribution in [3.05, 3.63) is 40.6 Å². The maximum atomic E-state index is 9.01. The largest absolute Gasteiger partial charge is 0.304 e. The number of nitrogens with one attached hydrogen (secondary N) is 1. The normalized spacial score (nSPS) is 8.39. The Hall–Kier alpha value is -2.68. The summed E-state index contributed by atoms with van der Waals surface area (Å²) in [7, 11) is 1.65. The van der Waals surface area contributed by atoms with Crippen LogP contribution in [0, 0.1) is 34.0 Å². The number of benzene rings is 1. The summed E-state index contributed by atoms with van der Waals surface area (Å²) >= 11 is 5.89. The molecule has 0 bridgehead atoms. The molecule has 1 rings (SSSR count). The van der Waals surface area contributed by atoms with Crippen LogP contribution in [-0.2, 0) is 0 Å². The van der Waals surface area contributed by atoms with E-state index in [9.17, 15) is 0 Å². The van der Waals surface area contributed by atoms with Crippen molar-refractivity contribution in [3.8, 4) is 18.2 Å². The fourth-order valence-corrected chi connectivity index (χ4v) is 1.44. The lowest BCUT2D eigenvalue weighted by Gasteiger charge is -2.20. The zero-order valence-electron chi connectivity index (χ0n) is 9.48. The maximum absolute atomic E-state index is 9.01. The Labute approximate surface area is 110 Å². The highest BCUT2D eigenvalue weighted by atomic mass is 35.5. The molecular formula is C12H8ClN5. The predicted molar refractivity (Wildman–Crippen MR) is 67.0 cm³/mol. The van der Waals surface area contributed by atoms with Gasteiger partial charge >= 0.3 is 0 Å². The molecule has 1 aromatic rings. The van der Waals surface area contributed by atoms with E-state index < -0.39 is 0 Å². The molecule has 0 aliphatic rings. The van der Waals surface area contributed by atoms with Gasteiger partial charge in [0.05, 0.1) is 16.3 Å². The third-order valence-electron chi connectivity index (χ3n) is 2.11. The van der Waals surface area contributed by atoms with Gasteiger partial charge in [-0.2, -0.15) is 15.8 Å². The zero-order chi connectivity index (χ0) is 13.5. The predicted octanol–water partition coefficient (Wildman–Crippen LogP) is 2.08. The highest BCUT2D eigenvalue weighted by Crippen LogP contribution is 2.24. The molecule has 18 heavy (non-hydrogen) atoms. The summed E-state index contributed by atoms with van der Waals surface area (Å²) < 4.78 is 0. The van der Waals surface area contributed by atoms with E-state index >= 15 is 0 Å². The Morgan fingerprint density at radius 3 is 2.56 bits per heavy atom. The van der Waals surface area contributed by atoms with Gasteiger partial charge in [0, 0.05) is 13.2 Å². The van der Waals surface area contributed by atoms with Crippen LogP contribution in [0.2, 0.25) is 5.02 Å². The summed E-state index contributed by atoms with van der Waals surface area (Å²) in [5, 5.41) is 28.0. The molecule has 0 aromatic heterocycles. The summed E-state index contributed by atoms with van der Waals surface area (Å²) in [6.07, 6.45) is 1.25. The number of halogens is 1. The third kappa shape index (κ3) is 2.92. The van der Waals surface area contributed by atoms with Gasteiger partial charge in [-0.3, -0.25) is 5.01 Å². The number of hydrazine groups is 1. The Morgan fingerprint density at radius 1 is 1.33 bits per heavy atom. The van der Waals surface area contributed by atoms with Gasteiger partial charge in [0.25, 0.3) is 0 Å². The lowest BCUT2D eigenvalue weighted by atomic mass is 10.2. The molecule has 0 radical (unpaired) electrons. The standard InChI is InChI=1S/C12H8ClN5/c1-18(17-8-9(5-14)6-15)12-4-2-3-11(13)10(12)7-16/h2-4,8,17H,1H3. The van der Waals surface area contributed by atoms with Gasteiger partial charge in [0.15, 0.2) is 0 Å². The SMILES string of the molecule is CN(NC=C(C#N)C#N)c1cccc(Cl)c1C#N. The van der Waals surface area contributed by atoms with E-state index in [4.69, 9.17) is 27.4 Å². The smallest absolute Gasteiger partial charge is 0.147 e. The van der Waals surface area contributed by atoms with E-state index in [1.807, 2.05) is 6.07 Å². The fraction of sp³-hybridized carbons (Fsp3) is 0.0833. The van der Waals surface area contributed by atoms with Crippen LogP contribution in [0.3, 0.4) is 0 Å². The number of hydrogen-bond acceptors (Lipinski definition) is 5. The van der Waals surface area contributed by atoms with Crippen molar-refractivity contribution >= 4 is 17.3 Å². The number of allylic oxidation sites excluding steroid dienone is 1. The Kier molecular flexibility index (Phi) is 4.58. The van der Waals surface area contributed by atoms with Gasteiger partial charge in [0.1, 0.15) is 23.8 Å². The second-order valence-electron chi connectivity index (χ2n) is 3.22. The minimum atomic E-state index is -0.0672. The molecule has 0 spiro atoms. The molecule has 0 aliphatic heterocycles. The first-order chi connectivity index (χ1) is 8.63. The summed E-state index contributed by atoms with van der Waals surface area (Å²) in [5.74, 6) is 0. The molecule has 0 fully saturated rings. The number of hydrogen-bond donors (Lipinski definition) is 1. The van der Waals surface area contributed by atoms with Crippen LogP contribution >= 0.6 is 11.6 Å². The summed E-state index contributed by atoms with van der Waals surface area (Å²) in [4.78, 5) is 0. The summed E-state index contributed by atoms with van der Waals surface area (Å²) in [6, 6.07) is 10.4. The van der Waals surface area contributed by atoms with Gasteiger partial charge < -0.3 is 5.43 Å². The average Bonchev–Trinajstić information content (AvgIpc) is 2.39. The second kappa shape index (κ2) is 6.15. The number of rotatable bonds is 3. The quantitative estimate of drug-likeness (QED) is 0.662. The van der Waals surface area contributed by atoms with Crippen molar-refractivity contribution in [1.82, 2.24) is 5.43 Å². The highest BCUT2D eigenvalue weighted by molar-refractivity contribution is 6.32. The number of anilines is 1. The zero-order valence-corrected chi connectivity index (χ0v) is 10.2. The Morgan fingerprint density at radius 2 is 2.00 bits per heavy atom. The molecule has 5 nitrogen and oxygen atoms in total. The van der Waals surface area contributed by atoms with Crippen molar-refractivity contribution in [3.63, 3.8) is 0 Å². The minimum absolute atomic E-state index is 0.0672. The van der Waals surface area contributed by atoms with Crippen LogP contribution in [0.4, 0.5) is 5.69 Å². The molecule has 0 saturated heterocycles. The lowest BCUT2D eigenvalue weighted by molar-refractivity contribution is 0.834. The first kappa shape index (κ1) is 13.4. The molecule has 88 valence electrons. The Bertz CT molecular complexity index is 584. The fourth-order valence-electron chi connectivity index (χ4n) is 1.22.